The lowest BCUT2D eigenvalue weighted by atomic mass is 9.99. The number of anilines is 1. The zero-order chi connectivity index (χ0) is 12.3. The third-order valence-electron chi connectivity index (χ3n) is 2.74. The number of nitrogen functional groups attached to an aromatic ring is 1. The van der Waals surface area contributed by atoms with Gasteiger partial charge in [-0.2, -0.15) is 0 Å². The zero-order valence-corrected chi connectivity index (χ0v) is 9.81. The molecule has 0 radical (unpaired) electrons. The highest BCUT2D eigenvalue weighted by Gasteiger charge is 2.11. The van der Waals surface area contributed by atoms with Crippen LogP contribution in [-0.2, 0) is 0 Å². The molecule has 0 unspecified atom stereocenters. The minimum absolute atomic E-state index is 0.700. The van der Waals surface area contributed by atoms with E-state index in [1.54, 1.807) is 13.2 Å². The molecule has 86 valence electrons. The standard InChI is InChI=1S/C15H15NO/c1-3-11-9-10-13(17-2)14(15(11)16)12-7-5-4-6-8-12/h3-10H,1,16H2,2H3. The van der Waals surface area contributed by atoms with Crippen LogP contribution in [0.15, 0.2) is 49.0 Å². The molecule has 17 heavy (non-hydrogen) atoms. The van der Waals surface area contributed by atoms with Crippen molar-refractivity contribution >= 4 is 11.8 Å². The Morgan fingerprint density at radius 2 is 1.82 bits per heavy atom. The number of ether oxygens (including phenoxy) is 1. The minimum atomic E-state index is 0.700. The van der Waals surface area contributed by atoms with Gasteiger partial charge in [-0.05, 0) is 23.3 Å². The van der Waals surface area contributed by atoms with Crippen molar-refractivity contribution in [3.05, 3.63) is 54.6 Å². The van der Waals surface area contributed by atoms with Gasteiger partial charge in [0.05, 0.1) is 12.8 Å². The van der Waals surface area contributed by atoms with E-state index in [0.29, 0.717) is 5.69 Å². The molecule has 2 N–H and O–H groups in total. The molecule has 0 saturated heterocycles. The van der Waals surface area contributed by atoms with Crippen LogP contribution in [0.5, 0.6) is 5.75 Å². The van der Waals surface area contributed by atoms with Gasteiger partial charge < -0.3 is 10.5 Å². The summed E-state index contributed by atoms with van der Waals surface area (Å²) in [6.45, 7) is 3.76. The fourth-order valence-electron chi connectivity index (χ4n) is 1.87. The summed E-state index contributed by atoms with van der Waals surface area (Å²) in [6.07, 6.45) is 1.75. The van der Waals surface area contributed by atoms with Gasteiger partial charge in [0, 0.05) is 5.56 Å². The van der Waals surface area contributed by atoms with Gasteiger partial charge in [-0.3, -0.25) is 0 Å². The van der Waals surface area contributed by atoms with E-state index in [1.165, 1.54) is 0 Å². The number of nitrogens with two attached hydrogens (primary N) is 1. The molecule has 2 rings (SSSR count). The summed E-state index contributed by atoms with van der Waals surface area (Å²) in [5, 5.41) is 0. The maximum Gasteiger partial charge on any atom is 0.128 e. The number of rotatable bonds is 3. The van der Waals surface area contributed by atoms with Crippen molar-refractivity contribution in [1.82, 2.24) is 0 Å². The first-order chi connectivity index (χ1) is 8.27. The summed E-state index contributed by atoms with van der Waals surface area (Å²) in [4.78, 5) is 0. The Balaban J connectivity index is 2.70. The van der Waals surface area contributed by atoms with E-state index >= 15 is 0 Å². The van der Waals surface area contributed by atoms with Crippen LogP contribution in [0.2, 0.25) is 0 Å². The van der Waals surface area contributed by atoms with Crippen LogP contribution in [0, 0.1) is 0 Å². The Morgan fingerprint density at radius 3 is 2.41 bits per heavy atom. The molecule has 0 atom stereocenters. The Bertz CT molecular complexity index is 532. The van der Waals surface area contributed by atoms with Gasteiger partial charge in [0.1, 0.15) is 5.75 Å². The Kier molecular flexibility index (Phi) is 3.15. The van der Waals surface area contributed by atoms with Crippen LogP contribution in [0.1, 0.15) is 5.56 Å². The van der Waals surface area contributed by atoms with Crippen LogP contribution in [0.25, 0.3) is 17.2 Å². The molecule has 0 saturated carbocycles. The quantitative estimate of drug-likeness (QED) is 0.810. The van der Waals surface area contributed by atoms with Crippen LogP contribution in [0.4, 0.5) is 5.69 Å². The lowest BCUT2D eigenvalue weighted by Crippen LogP contribution is -1.97. The van der Waals surface area contributed by atoms with E-state index in [0.717, 1.165) is 22.4 Å². The molecule has 0 aliphatic carbocycles. The number of hydrogen-bond donors (Lipinski definition) is 1. The molecule has 2 aromatic rings. The largest absolute Gasteiger partial charge is 0.496 e. The summed E-state index contributed by atoms with van der Waals surface area (Å²) in [5.74, 6) is 0.777. The molecular weight excluding hydrogens is 210 g/mol. The third-order valence-corrected chi connectivity index (χ3v) is 2.74. The van der Waals surface area contributed by atoms with Gasteiger partial charge >= 0.3 is 0 Å². The molecule has 0 aliphatic rings. The van der Waals surface area contributed by atoms with E-state index in [4.69, 9.17) is 10.5 Å². The smallest absolute Gasteiger partial charge is 0.128 e. The van der Waals surface area contributed by atoms with Gasteiger partial charge in [-0.1, -0.05) is 43.0 Å². The summed E-state index contributed by atoms with van der Waals surface area (Å²) in [5.41, 5.74) is 9.74. The van der Waals surface area contributed by atoms with Crippen molar-refractivity contribution < 1.29 is 4.74 Å². The zero-order valence-electron chi connectivity index (χ0n) is 9.81. The first kappa shape index (κ1) is 11.3. The molecule has 0 bridgehead atoms. The van der Waals surface area contributed by atoms with Crippen LogP contribution in [-0.4, -0.2) is 7.11 Å². The van der Waals surface area contributed by atoms with E-state index in [1.807, 2.05) is 42.5 Å². The minimum Gasteiger partial charge on any atom is -0.496 e. The summed E-state index contributed by atoms with van der Waals surface area (Å²) < 4.78 is 5.37. The second-order valence-corrected chi connectivity index (χ2v) is 3.72. The van der Waals surface area contributed by atoms with E-state index in [9.17, 15) is 0 Å². The first-order valence-corrected chi connectivity index (χ1v) is 5.42. The molecule has 0 spiro atoms. The second-order valence-electron chi connectivity index (χ2n) is 3.72. The van der Waals surface area contributed by atoms with Crippen molar-refractivity contribution in [1.29, 1.82) is 0 Å². The second kappa shape index (κ2) is 4.74. The SMILES string of the molecule is C=Cc1ccc(OC)c(-c2ccccc2)c1N. The van der Waals surface area contributed by atoms with E-state index in [-0.39, 0.29) is 0 Å². The highest BCUT2D eigenvalue weighted by Crippen LogP contribution is 2.37. The average Bonchev–Trinajstić information content (AvgIpc) is 2.39. The third kappa shape index (κ3) is 2.02. The Labute approximate surface area is 101 Å². The first-order valence-electron chi connectivity index (χ1n) is 5.42. The van der Waals surface area contributed by atoms with Crippen molar-refractivity contribution in [2.45, 2.75) is 0 Å². The summed E-state index contributed by atoms with van der Waals surface area (Å²) in [7, 11) is 1.65. The lowest BCUT2D eigenvalue weighted by Gasteiger charge is -2.13. The van der Waals surface area contributed by atoms with Crippen LogP contribution in [0.3, 0.4) is 0 Å². The molecule has 0 heterocycles. The molecule has 2 nitrogen and oxygen atoms in total. The number of methoxy groups -OCH3 is 1. The fourth-order valence-corrected chi connectivity index (χ4v) is 1.87. The number of hydrogen-bond acceptors (Lipinski definition) is 2. The maximum absolute atomic E-state index is 6.15. The van der Waals surface area contributed by atoms with Gasteiger partial charge in [0.2, 0.25) is 0 Å². The summed E-state index contributed by atoms with van der Waals surface area (Å²) >= 11 is 0. The Morgan fingerprint density at radius 1 is 1.12 bits per heavy atom. The van der Waals surface area contributed by atoms with Crippen molar-refractivity contribution in [3.63, 3.8) is 0 Å². The molecule has 0 amide bonds. The van der Waals surface area contributed by atoms with Gasteiger partial charge in [-0.25, -0.2) is 0 Å². The van der Waals surface area contributed by atoms with E-state index in [2.05, 4.69) is 6.58 Å². The molecular formula is C15H15NO. The lowest BCUT2D eigenvalue weighted by molar-refractivity contribution is 0.416. The number of benzene rings is 2. The predicted octanol–water partition coefficient (Wildman–Crippen LogP) is 3.59. The van der Waals surface area contributed by atoms with Gasteiger partial charge in [0.15, 0.2) is 0 Å². The molecule has 0 fully saturated rings. The molecule has 2 heteroatoms. The monoisotopic (exact) mass is 225 g/mol. The molecule has 2 aromatic carbocycles. The predicted molar refractivity (Wildman–Crippen MR) is 72.9 cm³/mol. The molecule has 0 aliphatic heterocycles. The van der Waals surface area contributed by atoms with Gasteiger partial charge in [0.25, 0.3) is 0 Å². The van der Waals surface area contributed by atoms with Gasteiger partial charge in [-0.15, -0.1) is 0 Å². The average molecular weight is 225 g/mol. The highest BCUT2D eigenvalue weighted by atomic mass is 16.5. The van der Waals surface area contributed by atoms with Crippen molar-refractivity contribution in [3.8, 4) is 16.9 Å². The van der Waals surface area contributed by atoms with Crippen molar-refractivity contribution in [2.75, 3.05) is 12.8 Å². The fraction of sp³-hybridized carbons (Fsp3) is 0.0667. The topological polar surface area (TPSA) is 35.2 Å². The van der Waals surface area contributed by atoms with E-state index < -0.39 is 0 Å². The highest BCUT2D eigenvalue weighted by molar-refractivity contribution is 5.87. The van der Waals surface area contributed by atoms with Crippen LogP contribution >= 0.6 is 0 Å². The Hall–Kier alpha value is -2.22. The normalized spacial score (nSPS) is 9.94. The molecule has 0 aromatic heterocycles. The van der Waals surface area contributed by atoms with Crippen molar-refractivity contribution in [2.24, 2.45) is 0 Å². The summed E-state index contributed by atoms with van der Waals surface area (Å²) in [6, 6.07) is 13.8. The van der Waals surface area contributed by atoms with Crippen LogP contribution < -0.4 is 10.5 Å². The maximum atomic E-state index is 6.15.